The van der Waals surface area contributed by atoms with Gasteiger partial charge in [0.1, 0.15) is 5.60 Å². The van der Waals surface area contributed by atoms with Gasteiger partial charge in [-0.25, -0.2) is 4.79 Å². The molecule has 2 aliphatic rings. The second-order valence-corrected chi connectivity index (χ2v) is 5.97. The van der Waals surface area contributed by atoms with Gasteiger partial charge in [-0.15, -0.1) is 0 Å². The molecule has 5 nitrogen and oxygen atoms in total. The molecule has 0 heterocycles. The van der Waals surface area contributed by atoms with E-state index in [0.717, 1.165) is 6.42 Å². The topological polar surface area (TPSA) is 78.5 Å². The lowest BCUT2D eigenvalue weighted by Gasteiger charge is -2.30. The van der Waals surface area contributed by atoms with Crippen LogP contribution in [0.1, 0.15) is 27.2 Å². The summed E-state index contributed by atoms with van der Waals surface area (Å²) >= 11 is 0. The number of nitrogens with one attached hydrogen (secondary N) is 1. The SMILES string of the molecule is CC(C)(C)OC(=O)N[C@H]1C2C=CC(C2)[C@H]1C(=O)[O-]. The zero-order valence-electron chi connectivity index (χ0n) is 10.8. The van der Waals surface area contributed by atoms with Crippen LogP contribution in [0.5, 0.6) is 0 Å². The van der Waals surface area contributed by atoms with Crippen molar-refractivity contribution in [1.82, 2.24) is 5.32 Å². The molecular formula is C13H18NO4-. The number of amides is 1. The predicted molar refractivity (Wildman–Crippen MR) is 62.4 cm³/mol. The predicted octanol–water partition coefficient (Wildman–Crippen LogP) is 0.452. The lowest BCUT2D eigenvalue weighted by molar-refractivity contribution is -0.313. The molecule has 0 radical (unpaired) electrons. The first-order valence-electron chi connectivity index (χ1n) is 6.16. The molecule has 1 saturated carbocycles. The monoisotopic (exact) mass is 252 g/mol. The maximum absolute atomic E-state index is 11.7. The number of ether oxygens (including phenoxy) is 1. The molecule has 0 aliphatic heterocycles. The highest BCUT2D eigenvalue weighted by atomic mass is 16.6. The maximum Gasteiger partial charge on any atom is 0.407 e. The van der Waals surface area contributed by atoms with E-state index in [0.29, 0.717) is 0 Å². The highest BCUT2D eigenvalue weighted by molar-refractivity contribution is 5.74. The van der Waals surface area contributed by atoms with E-state index >= 15 is 0 Å². The van der Waals surface area contributed by atoms with Crippen molar-refractivity contribution in [2.75, 3.05) is 0 Å². The molecule has 0 saturated heterocycles. The molecule has 2 unspecified atom stereocenters. The van der Waals surface area contributed by atoms with E-state index in [9.17, 15) is 14.7 Å². The van der Waals surface area contributed by atoms with E-state index in [1.165, 1.54) is 0 Å². The molecule has 1 amide bonds. The fourth-order valence-electron chi connectivity index (χ4n) is 2.78. The van der Waals surface area contributed by atoms with Crippen molar-refractivity contribution in [3.8, 4) is 0 Å². The van der Waals surface area contributed by atoms with Crippen molar-refractivity contribution in [2.45, 2.75) is 38.8 Å². The van der Waals surface area contributed by atoms with Gasteiger partial charge in [0.15, 0.2) is 0 Å². The van der Waals surface area contributed by atoms with Gasteiger partial charge in [-0.2, -0.15) is 0 Å². The van der Waals surface area contributed by atoms with Gasteiger partial charge >= 0.3 is 6.09 Å². The summed E-state index contributed by atoms with van der Waals surface area (Å²) in [6.07, 6.45) is 4.06. The molecule has 1 fully saturated rings. The van der Waals surface area contributed by atoms with E-state index in [1.807, 2.05) is 12.2 Å². The Kier molecular flexibility index (Phi) is 3.09. The smallest absolute Gasteiger partial charge is 0.407 e. The Morgan fingerprint density at radius 3 is 2.44 bits per heavy atom. The first-order valence-corrected chi connectivity index (χ1v) is 6.16. The number of carbonyl (C=O) groups excluding carboxylic acids is 2. The Morgan fingerprint density at radius 1 is 1.28 bits per heavy atom. The number of alkyl carbamates (subject to hydrolysis) is 1. The summed E-state index contributed by atoms with van der Waals surface area (Å²) in [6.45, 7) is 5.30. The van der Waals surface area contributed by atoms with Gasteiger partial charge in [0.05, 0.1) is 0 Å². The fourth-order valence-corrected chi connectivity index (χ4v) is 2.78. The number of fused-ring (bicyclic) bond motifs is 2. The van der Waals surface area contributed by atoms with Gasteiger partial charge < -0.3 is 20.0 Å². The minimum atomic E-state index is -1.10. The van der Waals surface area contributed by atoms with Crippen molar-refractivity contribution in [1.29, 1.82) is 0 Å². The van der Waals surface area contributed by atoms with Gasteiger partial charge in [0.25, 0.3) is 0 Å². The number of hydrogen-bond donors (Lipinski definition) is 1. The summed E-state index contributed by atoms with van der Waals surface area (Å²) in [5, 5.41) is 13.8. The number of rotatable bonds is 2. The van der Waals surface area contributed by atoms with E-state index in [2.05, 4.69) is 5.32 Å². The van der Waals surface area contributed by atoms with Crippen LogP contribution in [0, 0.1) is 17.8 Å². The minimum absolute atomic E-state index is 0.0278. The van der Waals surface area contributed by atoms with Gasteiger partial charge in [-0.1, -0.05) is 12.2 Å². The van der Waals surface area contributed by atoms with Crippen LogP contribution in [-0.2, 0) is 9.53 Å². The van der Waals surface area contributed by atoms with Gasteiger partial charge in [-0.3, -0.25) is 0 Å². The quantitative estimate of drug-likeness (QED) is 0.724. The largest absolute Gasteiger partial charge is 0.550 e. The van der Waals surface area contributed by atoms with Crippen molar-refractivity contribution >= 4 is 12.1 Å². The highest BCUT2D eigenvalue weighted by Gasteiger charge is 2.46. The van der Waals surface area contributed by atoms with Crippen molar-refractivity contribution in [3.63, 3.8) is 0 Å². The number of carboxylic acids is 1. The number of carbonyl (C=O) groups is 2. The first kappa shape index (κ1) is 12.9. The molecule has 0 aromatic rings. The molecule has 0 aromatic carbocycles. The van der Waals surface area contributed by atoms with Gasteiger partial charge in [-0.05, 0) is 39.0 Å². The molecule has 2 aliphatic carbocycles. The Bertz CT molecular complexity index is 396. The third-order valence-electron chi connectivity index (χ3n) is 3.41. The van der Waals surface area contributed by atoms with E-state index in [-0.39, 0.29) is 11.8 Å². The van der Waals surface area contributed by atoms with Crippen LogP contribution in [0.3, 0.4) is 0 Å². The Hall–Kier alpha value is -1.52. The van der Waals surface area contributed by atoms with Crippen molar-refractivity contribution < 1.29 is 19.4 Å². The van der Waals surface area contributed by atoms with Crippen LogP contribution < -0.4 is 10.4 Å². The maximum atomic E-state index is 11.7. The summed E-state index contributed by atoms with van der Waals surface area (Å²) in [5.41, 5.74) is -0.589. The zero-order chi connectivity index (χ0) is 13.5. The molecule has 100 valence electrons. The Balaban J connectivity index is 2.02. The molecule has 18 heavy (non-hydrogen) atoms. The van der Waals surface area contributed by atoms with Crippen LogP contribution in [-0.4, -0.2) is 23.7 Å². The third kappa shape index (κ3) is 2.49. The summed E-state index contributed by atoms with van der Waals surface area (Å²) < 4.78 is 5.15. The normalized spacial score (nSPS) is 33.5. The molecule has 4 atom stereocenters. The molecule has 2 rings (SSSR count). The van der Waals surface area contributed by atoms with Crippen LogP contribution in [0.25, 0.3) is 0 Å². The molecule has 1 N–H and O–H groups in total. The number of allylic oxidation sites excluding steroid dienone is 1. The summed E-state index contributed by atoms with van der Waals surface area (Å²) in [4.78, 5) is 22.8. The number of carboxylic acid groups (broad SMARTS) is 1. The molecular weight excluding hydrogens is 234 g/mol. The summed E-state index contributed by atoms with van der Waals surface area (Å²) in [5.74, 6) is -1.70. The fraction of sp³-hybridized carbons (Fsp3) is 0.692. The van der Waals surface area contributed by atoms with E-state index in [1.54, 1.807) is 20.8 Å². The molecule has 2 bridgehead atoms. The summed E-state index contributed by atoms with van der Waals surface area (Å²) in [6, 6.07) is -0.417. The lowest BCUT2D eigenvalue weighted by Crippen LogP contribution is -2.50. The second-order valence-electron chi connectivity index (χ2n) is 5.97. The highest BCUT2D eigenvalue weighted by Crippen LogP contribution is 2.43. The second kappa shape index (κ2) is 4.30. The average Bonchev–Trinajstić information content (AvgIpc) is 2.73. The van der Waals surface area contributed by atoms with Crippen LogP contribution in [0.2, 0.25) is 0 Å². The number of aliphatic carboxylic acids is 1. The van der Waals surface area contributed by atoms with Crippen LogP contribution in [0.4, 0.5) is 4.79 Å². The van der Waals surface area contributed by atoms with Gasteiger partial charge in [0.2, 0.25) is 0 Å². The first-order chi connectivity index (χ1) is 8.28. The minimum Gasteiger partial charge on any atom is -0.550 e. The molecule has 5 heteroatoms. The Morgan fingerprint density at radius 2 is 1.89 bits per heavy atom. The van der Waals surface area contributed by atoms with Crippen LogP contribution >= 0.6 is 0 Å². The Labute approximate surface area is 106 Å². The van der Waals surface area contributed by atoms with Gasteiger partial charge in [0, 0.05) is 17.9 Å². The van der Waals surface area contributed by atoms with E-state index < -0.39 is 29.6 Å². The molecule has 0 spiro atoms. The van der Waals surface area contributed by atoms with Crippen molar-refractivity contribution in [2.24, 2.45) is 17.8 Å². The zero-order valence-corrected chi connectivity index (χ0v) is 10.8. The average molecular weight is 252 g/mol. The third-order valence-corrected chi connectivity index (χ3v) is 3.41. The van der Waals surface area contributed by atoms with E-state index in [4.69, 9.17) is 4.74 Å². The molecule has 0 aromatic heterocycles. The van der Waals surface area contributed by atoms with Crippen LogP contribution in [0.15, 0.2) is 12.2 Å². The number of hydrogen-bond acceptors (Lipinski definition) is 4. The lowest BCUT2D eigenvalue weighted by atomic mass is 9.89. The summed E-state index contributed by atoms with van der Waals surface area (Å²) in [7, 11) is 0. The standard InChI is InChI=1S/C13H19NO4/c1-13(2,3)18-12(17)14-10-8-5-4-7(6-8)9(10)11(15)16/h4-5,7-10H,6H2,1-3H3,(H,14,17)(H,15,16)/p-1/t7?,8?,9-,10+/m1/s1. The van der Waals surface area contributed by atoms with Crippen molar-refractivity contribution in [3.05, 3.63) is 12.2 Å².